The molecule has 1 atom stereocenters. The van der Waals surface area contributed by atoms with Crippen LogP contribution in [0, 0.1) is 5.92 Å². The molecule has 1 rings (SSSR count). The summed E-state index contributed by atoms with van der Waals surface area (Å²) < 4.78 is 0. The van der Waals surface area contributed by atoms with E-state index in [9.17, 15) is 4.79 Å². The molecule has 0 radical (unpaired) electrons. The van der Waals surface area contributed by atoms with Crippen molar-refractivity contribution in [3.8, 4) is 0 Å². The maximum atomic E-state index is 11.4. The van der Waals surface area contributed by atoms with Crippen LogP contribution in [-0.2, 0) is 4.79 Å². The molecular formula is C11H23N3O. The van der Waals surface area contributed by atoms with Gasteiger partial charge in [0.2, 0.25) is 5.91 Å². The fourth-order valence-corrected chi connectivity index (χ4v) is 2.17. The molecule has 0 aromatic heterocycles. The van der Waals surface area contributed by atoms with Crippen molar-refractivity contribution in [1.29, 1.82) is 0 Å². The van der Waals surface area contributed by atoms with E-state index in [4.69, 9.17) is 5.73 Å². The molecule has 1 amide bonds. The summed E-state index contributed by atoms with van der Waals surface area (Å²) in [5.41, 5.74) is 5.32. The van der Waals surface area contributed by atoms with E-state index in [0.717, 1.165) is 19.0 Å². The van der Waals surface area contributed by atoms with E-state index in [1.807, 2.05) is 0 Å². The predicted molar refractivity (Wildman–Crippen MR) is 61.5 cm³/mol. The number of nitrogens with one attached hydrogen (secondary N) is 1. The van der Waals surface area contributed by atoms with Crippen LogP contribution in [0.1, 0.15) is 26.2 Å². The van der Waals surface area contributed by atoms with Gasteiger partial charge < -0.3 is 11.1 Å². The van der Waals surface area contributed by atoms with Gasteiger partial charge in [-0.3, -0.25) is 9.69 Å². The van der Waals surface area contributed by atoms with Gasteiger partial charge in [0.05, 0.1) is 6.54 Å². The second-order valence-corrected chi connectivity index (χ2v) is 4.32. The molecule has 0 aliphatic carbocycles. The van der Waals surface area contributed by atoms with Crippen molar-refractivity contribution in [3.63, 3.8) is 0 Å². The minimum Gasteiger partial charge on any atom is -0.354 e. The summed E-state index contributed by atoms with van der Waals surface area (Å²) in [5, 5.41) is 2.80. The Kier molecular flexibility index (Phi) is 5.65. The third-order valence-corrected chi connectivity index (χ3v) is 2.90. The second-order valence-electron chi connectivity index (χ2n) is 4.32. The number of carbonyl (C=O) groups excluding carboxylic acids is 1. The molecule has 0 aromatic rings. The molecule has 15 heavy (non-hydrogen) atoms. The molecule has 4 heteroatoms. The van der Waals surface area contributed by atoms with E-state index in [-0.39, 0.29) is 5.91 Å². The van der Waals surface area contributed by atoms with E-state index in [1.54, 1.807) is 0 Å². The number of nitrogens with zero attached hydrogens (tertiary/aromatic N) is 1. The zero-order chi connectivity index (χ0) is 11.1. The molecule has 88 valence electrons. The molecule has 3 N–H and O–H groups in total. The van der Waals surface area contributed by atoms with Gasteiger partial charge >= 0.3 is 0 Å². The summed E-state index contributed by atoms with van der Waals surface area (Å²) in [5.74, 6) is 0.912. The van der Waals surface area contributed by atoms with Crippen LogP contribution in [0.2, 0.25) is 0 Å². The van der Waals surface area contributed by atoms with Gasteiger partial charge in [0, 0.05) is 19.6 Å². The van der Waals surface area contributed by atoms with E-state index >= 15 is 0 Å². The van der Waals surface area contributed by atoms with Gasteiger partial charge in [-0.15, -0.1) is 0 Å². The zero-order valence-corrected chi connectivity index (χ0v) is 9.67. The van der Waals surface area contributed by atoms with Gasteiger partial charge in [-0.2, -0.15) is 0 Å². The lowest BCUT2D eigenvalue weighted by molar-refractivity contribution is -0.121. The topological polar surface area (TPSA) is 58.4 Å². The molecule has 1 aliphatic heterocycles. The van der Waals surface area contributed by atoms with Crippen LogP contribution in [0.25, 0.3) is 0 Å². The Morgan fingerprint density at radius 1 is 1.60 bits per heavy atom. The van der Waals surface area contributed by atoms with E-state index < -0.39 is 0 Å². The van der Waals surface area contributed by atoms with Crippen molar-refractivity contribution < 1.29 is 4.79 Å². The highest BCUT2D eigenvalue weighted by molar-refractivity contribution is 5.78. The maximum Gasteiger partial charge on any atom is 0.234 e. The SMILES string of the molecule is CCCC1CCN(CC(=O)NCCN)C1. The Labute approximate surface area is 92.2 Å². The standard InChI is InChI=1S/C11H23N3O/c1-2-3-10-4-7-14(8-10)9-11(15)13-6-5-12/h10H,2-9,12H2,1H3,(H,13,15). The summed E-state index contributed by atoms with van der Waals surface area (Å²) in [7, 11) is 0. The first kappa shape index (κ1) is 12.5. The van der Waals surface area contributed by atoms with E-state index in [2.05, 4.69) is 17.1 Å². The van der Waals surface area contributed by atoms with E-state index in [1.165, 1.54) is 19.3 Å². The minimum absolute atomic E-state index is 0.109. The number of rotatable bonds is 6. The fourth-order valence-electron chi connectivity index (χ4n) is 2.17. The molecule has 1 heterocycles. The predicted octanol–water partition coefficient (Wildman–Crippen LogP) is 0.183. The van der Waals surface area contributed by atoms with Gasteiger partial charge in [0.1, 0.15) is 0 Å². The van der Waals surface area contributed by atoms with Crippen molar-refractivity contribution in [2.75, 3.05) is 32.7 Å². The fraction of sp³-hybridized carbons (Fsp3) is 0.909. The summed E-state index contributed by atoms with van der Waals surface area (Å²) in [6.45, 7) is 6.02. The van der Waals surface area contributed by atoms with Gasteiger partial charge in [-0.25, -0.2) is 0 Å². The van der Waals surface area contributed by atoms with Crippen LogP contribution in [0.4, 0.5) is 0 Å². The zero-order valence-electron chi connectivity index (χ0n) is 9.67. The summed E-state index contributed by atoms with van der Waals surface area (Å²) in [6, 6.07) is 0. The Hall–Kier alpha value is -0.610. The molecule has 0 aromatic carbocycles. The Morgan fingerprint density at radius 3 is 3.07 bits per heavy atom. The second kappa shape index (κ2) is 6.80. The Balaban J connectivity index is 2.15. The third-order valence-electron chi connectivity index (χ3n) is 2.90. The number of amides is 1. The largest absolute Gasteiger partial charge is 0.354 e. The molecule has 0 saturated carbocycles. The average Bonchev–Trinajstić information content (AvgIpc) is 2.63. The third kappa shape index (κ3) is 4.62. The molecule has 4 nitrogen and oxygen atoms in total. The van der Waals surface area contributed by atoms with Crippen molar-refractivity contribution in [2.24, 2.45) is 11.7 Å². The Bertz CT molecular complexity index is 196. The van der Waals surface area contributed by atoms with Gasteiger partial charge in [0.15, 0.2) is 0 Å². The van der Waals surface area contributed by atoms with Crippen LogP contribution in [0.5, 0.6) is 0 Å². The summed E-state index contributed by atoms with van der Waals surface area (Å²) in [4.78, 5) is 13.7. The van der Waals surface area contributed by atoms with Crippen molar-refractivity contribution >= 4 is 5.91 Å². The Morgan fingerprint density at radius 2 is 2.40 bits per heavy atom. The maximum absolute atomic E-state index is 11.4. The molecule has 0 spiro atoms. The van der Waals surface area contributed by atoms with Crippen molar-refractivity contribution in [1.82, 2.24) is 10.2 Å². The molecule has 0 bridgehead atoms. The molecule has 1 fully saturated rings. The minimum atomic E-state index is 0.109. The molecular weight excluding hydrogens is 190 g/mol. The number of hydrogen-bond donors (Lipinski definition) is 2. The number of carbonyl (C=O) groups is 1. The summed E-state index contributed by atoms with van der Waals surface area (Å²) >= 11 is 0. The molecule has 1 unspecified atom stereocenters. The highest BCUT2D eigenvalue weighted by Crippen LogP contribution is 2.20. The number of hydrogen-bond acceptors (Lipinski definition) is 3. The lowest BCUT2D eigenvalue weighted by atomic mass is 10.0. The highest BCUT2D eigenvalue weighted by atomic mass is 16.2. The lowest BCUT2D eigenvalue weighted by Crippen LogP contribution is -2.38. The van der Waals surface area contributed by atoms with Gasteiger partial charge in [0.25, 0.3) is 0 Å². The normalized spacial score (nSPS) is 21.9. The van der Waals surface area contributed by atoms with Gasteiger partial charge in [-0.05, 0) is 25.3 Å². The monoisotopic (exact) mass is 213 g/mol. The first-order chi connectivity index (χ1) is 7.26. The van der Waals surface area contributed by atoms with Crippen LogP contribution in [0.3, 0.4) is 0 Å². The van der Waals surface area contributed by atoms with Gasteiger partial charge in [-0.1, -0.05) is 13.3 Å². The first-order valence-electron chi connectivity index (χ1n) is 5.95. The highest BCUT2D eigenvalue weighted by Gasteiger charge is 2.22. The lowest BCUT2D eigenvalue weighted by Gasteiger charge is -2.15. The molecule has 1 aliphatic rings. The smallest absolute Gasteiger partial charge is 0.234 e. The van der Waals surface area contributed by atoms with Crippen LogP contribution in [-0.4, -0.2) is 43.5 Å². The number of likely N-dealkylation sites (tertiary alicyclic amines) is 1. The van der Waals surface area contributed by atoms with Crippen molar-refractivity contribution in [2.45, 2.75) is 26.2 Å². The quantitative estimate of drug-likeness (QED) is 0.662. The molecule has 1 saturated heterocycles. The van der Waals surface area contributed by atoms with E-state index in [0.29, 0.717) is 19.6 Å². The first-order valence-corrected chi connectivity index (χ1v) is 5.95. The average molecular weight is 213 g/mol. The summed E-state index contributed by atoms with van der Waals surface area (Å²) in [6.07, 6.45) is 3.79. The van der Waals surface area contributed by atoms with Crippen LogP contribution < -0.4 is 11.1 Å². The van der Waals surface area contributed by atoms with Crippen molar-refractivity contribution in [3.05, 3.63) is 0 Å². The van der Waals surface area contributed by atoms with Crippen LogP contribution in [0.15, 0.2) is 0 Å². The number of nitrogens with two attached hydrogens (primary N) is 1. The van der Waals surface area contributed by atoms with Crippen LogP contribution >= 0.6 is 0 Å².